The molecular weight excluding hydrogens is 278 g/mol. The zero-order valence-corrected chi connectivity index (χ0v) is 11.2. The molecule has 2 rings (SSSR count). The first-order valence-corrected chi connectivity index (χ1v) is 6.12. The van der Waals surface area contributed by atoms with Crippen molar-refractivity contribution in [2.75, 3.05) is 11.9 Å². The van der Waals surface area contributed by atoms with Gasteiger partial charge in [-0.3, -0.25) is 20.0 Å². The number of pyridine rings is 1. The second kappa shape index (κ2) is 6.41. The molecule has 0 saturated heterocycles. The average molecular weight is 291 g/mol. The van der Waals surface area contributed by atoms with E-state index < -0.39 is 10.8 Å². The molecule has 0 aliphatic rings. The van der Waals surface area contributed by atoms with Gasteiger partial charge >= 0.3 is 0 Å². The molecule has 21 heavy (non-hydrogen) atoms. The highest BCUT2D eigenvalue weighted by Gasteiger charge is 2.18. The van der Waals surface area contributed by atoms with Crippen LogP contribution in [0.15, 0.2) is 18.6 Å². The lowest BCUT2D eigenvalue weighted by Crippen LogP contribution is -2.25. The molecule has 0 unspecified atom stereocenters. The Hall–Kier alpha value is -3.04. The van der Waals surface area contributed by atoms with Crippen LogP contribution >= 0.6 is 0 Å². The summed E-state index contributed by atoms with van der Waals surface area (Å²) < 4.78 is 0. The van der Waals surface area contributed by atoms with Crippen molar-refractivity contribution >= 4 is 17.4 Å². The number of hydrogen-bond donors (Lipinski definition) is 3. The molecule has 2 aromatic rings. The van der Waals surface area contributed by atoms with Crippen LogP contribution < -0.4 is 10.6 Å². The average Bonchev–Trinajstić information content (AvgIpc) is 2.98. The summed E-state index contributed by atoms with van der Waals surface area (Å²) in [7, 11) is 0. The number of aromatic amines is 1. The summed E-state index contributed by atoms with van der Waals surface area (Å²) in [6.07, 6.45) is 2.42. The van der Waals surface area contributed by atoms with Crippen LogP contribution in [-0.4, -0.2) is 37.5 Å². The topological polar surface area (TPSA) is 139 Å². The van der Waals surface area contributed by atoms with Crippen LogP contribution in [-0.2, 0) is 6.54 Å². The van der Waals surface area contributed by atoms with Crippen molar-refractivity contribution in [1.82, 2.24) is 25.5 Å². The fourth-order valence-corrected chi connectivity index (χ4v) is 1.61. The van der Waals surface area contributed by atoms with Gasteiger partial charge in [0.1, 0.15) is 24.2 Å². The van der Waals surface area contributed by atoms with Gasteiger partial charge in [-0.25, -0.2) is 9.97 Å². The van der Waals surface area contributed by atoms with Crippen molar-refractivity contribution in [1.29, 1.82) is 0 Å². The molecule has 0 aliphatic heterocycles. The van der Waals surface area contributed by atoms with Crippen LogP contribution in [0, 0.1) is 10.1 Å². The van der Waals surface area contributed by atoms with Gasteiger partial charge in [0.05, 0.1) is 17.0 Å². The number of anilines is 1. The van der Waals surface area contributed by atoms with Gasteiger partial charge < -0.3 is 10.6 Å². The zero-order valence-electron chi connectivity index (χ0n) is 11.2. The highest BCUT2D eigenvalue weighted by molar-refractivity contribution is 5.99. The lowest BCUT2D eigenvalue weighted by atomic mass is 10.2. The van der Waals surface area contributed by atoms with Gasteiger partial charge in [0.2, 0.25) is 0 Å². The van der Waals surface area contributed by atoms with Gasteiger partial charge in [-0.1, -0.05) is 0 Å². The Morgan fingerprint density at radius 2 is 2.29 bits per heavy atom. The third kappa shape index (κ3) is 3.49. The van der Waals surface area contributed by atoms with Crippen LogP contribution in [0.1, 0.15) is 23.1 Å². The number of amides is 1. The zero-order chi connectivity index (χ0) is 15.2. The standard InChI is InChI=1S/C11H13N7O3/c1-2-12-10-8(3-7(4-13-10)18(20)21)11(19)14-5-9-15-6-16-17-9/h3-4,6H,2,5H2,1H3,(H,12,13)(H,14,19)(H,15,16,17). The van der Waals surface area contributed by atoms with Gasteiger partial charge in [-0.2, -0.15) is 5.10 Å². The minimum atomic E-state index is -0.601. The lowest BCUT2D eigenvalue weighted by molar-refractivity contribution is -0.385. The fourth-order valence-electron chi connectivity index (χ4n) is 1.61. The predicted octanol–water partition coefficient (Wildman–Crippen LogP) is 0.470. The van der Waals surface area contributed by atoms with Crippen LogP contribution in [0.2, 0.25) is 0 Å². The van der Waals surface area contributed by atoms with E-state index in [2.05, 4.69) is 30.8 Å². The minimum absolute atomic E-state index is 0.102. The summed E-state index contributed by atoms with van der Waals surface area (Å²) in [4.78, 5) is 30.1. The third-order valence-electron chi connectivity index (χ3n) is 2.55. The van der Waals surface area contributed by atoms with E-state index in [9.17, 15) is 14.9 Å². The molecule has 10 nitrogen and oxygen atoms in total. The monoisotopic (exact) mass is 291 g/mol. The molecule has 0 aromatic carbocycles. The van der Waals surface area contributed by atoms with E-state index in [1.165, 1.54) is 12.4 Å². The van der Waals surface area contributed by atoms with Crippen molar-refractivity contribution in [3.63, 3.8) is 0 Å². The number of H-pyrrole nitrogens is 1. The first kappa shape index (κ1) is 14.4. The van der Waals surface area contributed by atoms with Crippen molar-refractivity contribution in [3.8, 4) is 0 Å². The Bertz CT molecular complexity index is 641. The van der Waals surface area contributed by atoms with Crippen LogP contribution in [0.5, 0.6) is 0 Å². The van der Waals surface area contributed by atoms with Crippen LogP contribution in [0.4, 0.5) is 11.5 Å². The van der Waals surface area contributed by atoms with E-state index in [0.717, 1.165) is 6.20 Å². The Morgan fingerprint density at radius 1 is 1.48 bits per heavy atom. The van der Waals surface area contributed by atoms with Crippen molar-refractivity contribution in [2.24, 2.45) is 0 Å². The molecule has 2 heterocycles. The first-order valence-electron chi connectivity index (χ1n) is 6.12. The number of hydrogen-bond acceptors (Lipinski definition) is 7. The third-order valence-corrected chi connectivity index (χ3v) is 2.55. The van der Waals surface area contributed by atoms with Gasteiger partial charge in [-0.15, -0.1) is 0 Å². The molecule has 110 valence electrons. The fraction of sp³-hybridized carbons (Fsp3) is 0.273. The number of carbonyl (C=O) groups is 1. The number of nitrogens with one attached hydrogen (secondary N) is 3. The normalized spacial score (nSPS) is 10.1. The van der Waals surface area contributed by atoms with E-state index in [1.807, 2.05) is 6.92 Å². The molecule has 0 saturated carbocycles. The van der Waals surface area contributed by atoms with Gasteiger partial charge in [0, 0.05) is 12.6 Å². The molecule has 0 fully saturated rings. The number of nitro groups is 1. The van der Waals surface area contributed by atoms with E-state index in [1.54, 1.807) is 0 Å². The van der Waals surface area contributed by atoms with E-state index >= 15 is 0 Å². The Morgan fingerprint density at radius 3 is 2.90 bits per heavy atom. The summed E-state index contributed by atoms with van der Waals surface area (Å²) >= 11 is 0. The maximum Gasteiger partial charge on any atom is 0.288 e. The second-order valence-electron chi connectivity index (χ2n) is 3.99. The van der Waals surface area contributed by atoms with E-state index in [-0.39, 0.29) is 23.6 Å². The largest absolute Gasteiger partial charge is 0.370 e. The number of rotatable bonds is 6. The highest BCUT2D eigenvalue weighted by atomic mass is 16.6. The predicted molar refractivity (Wildman–Crippen MR) is 72.6 cm³/mol. The number of aromatic nitrogens is 4. The molecular formula is C11H13N7O3. The Kier molecular flexibility index (Phi) is 4.39. The van der Waals surface area contributed by atoms with Crippen LogP contribution in [0.25, 0.3) is 0 Å². The maximum atomic E-state index is 12.1. The Labute approximate surface area is 119 Å². The molecule has 0 aliphatic carbocycles. The van der Waals surface area contributed by atoms with Gasteiger partial charge in [0.25, 0.3) is 11.6 Å². The van der Waals surface area contributed by atoms with E-state index in [4.69, 9.17) is 0 Å². The lowest BCUT2D eigenvalue weighted by Gasteiger charge is -2.09. The molecule has 2 aromatic heterocycles. The smallest absolute Gasteiger partial charge is 0.288 e. The SMILES string of the molecule is CCNc1ncc([N+](=O)[O-])cc1C(=O)NCc1ncn[nH]1. The molecule has 1 amide bonds. The highest BCUT2D eigenvalue weighted by Crippen LogP contribution is 2.19. The summed E-state index contributed by atoms with van der Waals surface area (Å²) in [6.45, 7) is 2.50. The summed E-state index contributed by atoms with van der Waals surface area (Å²) in [5, 5.41) is 22.5. The summed E-state index contributed by atoms with van der Waals surface area (Å²) in [6, 6.07) is 1.18. The molecule has 0 bridgehead atoms. The number of carbonyl (C=O) groups excluding carboxylic acids is 1. The van der Waals surface area contributed by atoms with Crippen molar-refractivity contribution < 1.29 is 9.72 Å². The maximum absolute atomic E-state index is 12.1. The minimum Gasteiger partial charge on any atom is -0.370 e. The molecule has 0 atom stereocenters. The summed E-state index contributed by atoms with van der Waals surface area (Å²) in [5.74, 6) is 0.281. The van der Waals surface area contributed by atoms with Crippen molar-refractivity contribution in [3.05, 3.63) is 40.1 Å². The molecule has 10 heteroatoms. The second-order valence-corrected chi connectivity index (χ2v) is 3.99. The molecule has 0 spiro atoms. The molecule has 0 radical (unpaired) electrons. The number of nitrogens with zero attached hydrogens (tertiary/aromatic N) is 4. The first-order chi connectivity index (χ1) is 10.1. The quantitative estimate of drug-likeness (QED) is 0.519. The summed E-state index contributed by atoms with van der Waals surface area (Å²) in [5.41, 5.74) is -0.146. The Balaban J connectivity index is 2.20. The van der Waals surface area contributed by atoms with Crippen LogP contribution in [0.3, 0.4) is 0 Å². The molecule has 3 N–H and O–H groups in total. The van der Waals surface area contributed by atoms with Gasteiger partial charge in [-0.05, 0) is 6.92 Å². The van der Waals surface area contributed by atoms with Crippen molar-refractivity contribution in [2.45, 2.75) is 13.5 Å². The van der Waals surface area contributed by atoms with E-state index in [0.29, 0.717) is 12.4 Å². The van der Waals surface area contributed by atoms with Gasteiger partial charge in [0.15, 0.2) is 0 Å².